The average Bonchev–Trinajstić information content (AvgIpc) is 3.15. The Morgan fingerprint density at radius 3 is 2.47 bits per heavy atom. The molecule has 4 rings (SSSR count). The number of nitrogens with zero attached hydrogens (tertiary/aromatic N) is 1. The molecule has 2 aliphatic rings. The van der Waals surface area contributed by atoms with E-state index in [4.69, 9.17) is 0 Å². The quantitative estimate of drug-likeness (QED) is 0.549. The van der Waals surface area contributed by atoms with Crippen molar-refractivity contribution in [1.82, 2.24) is 14.9 Å². The second-order valence-corrected chi connectivity index (χ2v) is 12.5. The van der Waals surface area contributed by atoms with E-state index < -0.39 is 27.5 Å². The predicted molar refractivity (Wildman–Crippen MR) is 137 cm³/mol. The second kappa shape index (κ2) is 9.61. The van der Waals surface area contributed by atoms with Crippen LogP contribution >= 0.6 is 0 Å². The number of benzene rings is 2. The number of aliphatic hydroxyl groups excluding tert-OH is 1. The van der Waals surface area contributed by atoms with E-state index in [-0.39, 0.29) is 36.4 Å². The lowest BCUT2D eigenvalue weighted by Gasteiger charge is -2.42. The topological polar surface area (TPSA) is 116 Å². The molecule has 1 aliphatic heterocycles. The molecule has 2 amide bonds. The maximum atomic E-state index is 13.9. The molecule has 0 spiro atoms. The smallest absolute Gasteiger partial charge is 0.244 e. The zero-order valence-corrected chi connectivity index (χ0v) is 22.3. The predicted octanol–water partition coefficient (Wildman–Crippen LogP) is 2.57. The third kappa shape index (κ3) is 5.05. The van der Waals surface area contributed by atoms with Crippen molar-refractivity contribution in [3.05, 3.63) is 63.7 Å². The highest BCUT2D eigenvalue weighted by atomic mass is 32.2. The summed E-state index contributed by atoms with van der Waals surface area (Å²) in [6, 6.07) is 7.95. The van der Waals surface area contributed by atoms with Crippen LogP contribution in [0.15, 0.2) is 35.2 Å². The minimum absolute atomic E-state index is 0.0400. The molecule has 0 aromatic heterocycles. The van der Waals surface area contributed by atoms with Gasteiger partial charge in [0.25, 0.3) is 0 Å². The van der Waals surface area contributed by atoms with E-state index in [1.807, 2.05) is 37.3 Å². The lowest BCUT2D eigenvalue weighted by Crippen LogP contribution is -2.66. The molecule has 2 atom stereocenters. The highest BCUT2D eigenvalue weighted by Crippen LogP contribution is 2.33. The largest absolute Gasteiger partial charge is 0.392 e. The number of hydrogen-bond donors (Lipinski definition) is 3. The van der Waals surface area contributed by atoms with E-state index in [1.165, 1.54) is 4.31 Å². The summed E-state index contributed by atoms with van der Waals surface area (Å²) in [6.45, 7) is 8.98. The maximum absolute atomic E-state index is 13.9. The normalized spacial score (nSPS) is 21.7. The Kier molecular flexibility index (Phi) is 7.02. The standard InChI is InChI=1S/C27H35N3O5S/c1-16-10-17(2)25(18(3)11-16)36(34,35)30-15-27(4,5)29-26(33)23(30)13-24(32)28-22-9-7-20-12-19(14-31)6-8-21(20)22/h6,8,10-12,22-23,31H,7,9,13-15H2,1-5H3,(H,28,32)(H,29,33)/t22-,23-/m1/s1. The molecule has 0 bridgehead atoms. The molecular formula is C27H35N3O5S. The van der Waals surface area contributed by atoms with E-state index in [1.54, 1.807) is 27.7 Å². The number of nitrogens with one attached hydrogen (secondary N) is 2. The van der Waals surface area contributed by atoms with Gasteiger partial charge in [0.15, 0.2) is 0 Å². The molecule has 1 fully saturated rings. The van der Waals surface area contributed by atoms with Gasteiger partial charge in [0, 0.05) is 12.1 Å². The lowest BCUT2D eigenvalue weighted by molar-refractivity contribution is -0.134. The Hall–Kier alpha value is -2.75. The van der Waals surface area contributed by atoms with Gasteiger partial charge in [0.1, 0.15) is 6.04 Å². The molecule has 0 radical (unpaired) electrons. The van der Waals surface area contributed by atoms with Crippen molar-refractivity contribution in [2.24, 2.45) is 0 Å². The molecule has 2 aromatic carbocycles. The average molecular weight is 514 g/mol. The summed E-state index contributed by atoms with van der Waals surface area (Å²) in [6.07, 6.45) is 1.22. The Morgan fingerprint density at radius 1 is 1.17 bits per heavy atom. The fourth-order valence-corrected chi connectivity index (χ4v) is 7.74. The zero-order valence-electron chi connectivity index (χ0n) is 21.5. The molecule has 0 saturated carbocycles. The molecule has 3 N–H and O–H groups in total. The number of carbonyl (C=O) groups is 2. The van der Waals surface area contributed by atoms with Crippen molar-refractivity contribution in [3.63, 3.8) is 0 Å². The number of rotatable bonds is 6. The summed E-state index contributed by atoms with van der Waals surface area (Å²) in [7, 11) is -4.05. The minimum atomic E-state index is -4.05. The van der Waals surface area contributed by atoms with Gasteiger partial charge in [-0.2, -0.15) is 4.31 Å². The first-order chi connectivity index (χ1) is 16.8. The zero-order chi connectivity index (χ0) is 26.4. The molecule has 9 heteroatoms. The fourth-order valence-electron chi connectivity index (χ4n) is 5.57. The highest BCUT2D eigenvalue weighted by molar-refractivity contribution is 7.89. The second-order valence-electron chi connectivity index (χ2n) is 10.7. The summed E-state index contributed by atoms with van der Waals surface area (Å²) in [5, 5.41) is 15.3. The van der Waals surface area contributed by atoms with Crippen LogP contribution in [0, 0.1) is 20.8 Å². The SMILES string of the molecule is Cc1cc(C)c(S(=O)(=O)N2CC(C)(C)NC(=O)[C@H]2CC(=O)N[C@@H]2CCc3cc(CO)ccc32)c(C)c1. The number of sulfonamides is 1. The van der Waals surface area contributed by atoms with Gasteiger partial charge in [-0.15, -0.1) is 0 Å². The molecule has 1 saturated heterocycles. The van der Waals surface area contributed by atoms with Crippen LogP contribution in [0.3, 0.4) is 0 Å². The van der Waals surface area contributed by atoms with Gasteiger partial charge in [-0.3, -0.25) is 9.59 Å². The minimum Gasteiger partial charge on any atom is -0.392 e. The van der Waals surface area contributed by atoms with Crippen LogP contribution in [0.25, 0.3) is 0 Å². The molecule has 1 aliphatic carbocycles. The van der Waals surface area contributed by atoms with Crippen molar-refractivity contribution in [1.29, 1.82) is 0 Å². The van der Waals surface area contributed by atoms with E-state index in [0.717, 1.165) is 28.7 Å². The number of amides is 2. The molecule has 2 aromatic rings. The van der Waals surface area contributed by atoms with Gasteiger partial charge in [-0.25, -0.2) is 8.42 Å². The van der Waals surface area contributed by atoms with Crippen LogP contribution in [0.4, 0.5) is 0 Å². The number of piperazine rings is 1. The van der Waals surface area contributed by atoms with Crippen molar-refractivity contribution in [2.45, 2.75) is 83.0 Å². The van der Waals surface area contributed by atoms with Crippen LogP contribution in [0.5, 0.6) is 0 Å². The molecule has 8 nitrogen and oxygen atoms in total. The van der Waals surface area contributed by atoms with Gasteiger partial charge < -0.3 is 15.7 Å². The van der Waals surface area contributed by atoms with E-state index in [9.17, 15) is 23.1 Å². The maximum Gasteiger partial charge on any atom is 0.244 e. The van der Waals surface area contributed by atoms with Crippen LogP contribution in [-0.2, 0) is 32.6 Å². The number of fused-ring (bicyclic) bond motifs is 1. The van der Waals surface area contributed by atoms with Gasteiger partial charge in [-0.1, -0.05) is 35.9 Å². The molecule has 0 unspecified atom stereocenters. The number of aryl methyl sites for hydroxylation is 4. The first-order valence-electron chi connectivity index (χ1n) is 12.3. The van der Waals surface area contributed by atoms with Gasteiger partial charge >= 0.3 is 0 Å². The summed E-state index contributed by atoms with van der Waals surface area (Å²) in [5.41, 5.74) is 4.31. The number of carbonyl (C=O) groups excluding carboxylic acids is 2. The van der Waals surface area contributed by atoms with Crippen molar-refractivity contribution in [2.75, 3.05) is 6.54 Å². The van der Waals surface area contributed by atoms with Gasteiger partial charge in [-0.05, 0) is 75.3 Å². The molecular weight excluding hydrogens is 478 g/mol. The first-order valence-corrected chi connectivity index (χ1v) is 13.7. The summed E-state index contributed by atoms with van der Waals surface area (Å²) < 4.78 is 29.1. The first kappa shape index (κ1) is 26.3. The van der Waals surface area contributed by atoms with Crippen molar-refractivity contribution < 1.29 is 23.1 Å². The van der Waals surface area contributed by atoms with Crippen LogP contribution < -0.4 is 10.6 Å². The van der Waals surface area contributed by atoms with Crippen molar-refractivity contribution >= 4 is 21.8 Å². The monoisotopic (exact) mass is 513 g/mol. The van der Waals surface area contributed by atoms with Crippen LogP contribution in [-0.4, -0.2) is 47.8 Å². The molecule has 194 valence electrons. The summed E-state index contributed by atoms with van der Waals surface area (Å²) in [4.78, 5) is 26.5. The highest BCUT2D eigenvalue weighted by Gasteiger charge is 2.46. The van der Waals surface area contributed by atoms with Gasteiger partial charge in [0.2, 0.25) is 21.8 Å². The molecule has 1 heterocycles. The van der Waals surface area contributed by atoms with E-state index in [0.29, 0.717) is 17.5 Å². The number of aliphatic hydroxyl groups is 1. The number of hydrogen-bond acceptors (Lipinski definition) is 5. The van der Waals surface area contributed by atoms with E-state index >= 15 is 0 Å². The molecule has 36 heavy (non-hydrogen) atoms. The lowest BCUT2D eigenvalue weighted by atomic mass is 9.98. The third-order valence-electron chi connectivity index (χ3n) is 7.02. The Labute approximate surface area is 213 Å². The van der Waals surface area contributed by atoms with E-state index in [2.05, 4.69) is 10.6 Å². The van der Waals surface area contributed by atoms with Gasteiger partial charge in [0.05, 0.1) is 24.0 Å². The van der Waals surface area contributed by atoms with Crippen LogP contribution in [0.1, 0.15) is 66.1 Å². The third-order valence-corrected chi connectivity index (χ3v) is 9.18. The summed E-state index contributed by atoms with van der Waals surface area (Å²) in [5.74, 6) is -0.858. The van der Waals surface area contributed by atoms with Crippen LogP contribution in [0.2, 0.25) is 0 Å². The summed E-state index contributed by atoms with van der Waals surface area (Å²) >= 11 is 0. The Morgan fingerprint density at radius 2 is 1.83 bits per heavy atom. The fraction of sp³-hybridized carbons (Fsp3) is 0.481. The Balaban J connectivity index is 1.60. The Bertz CT molecular complexity index is 1300. The van der Waals surface area contributed by atoms with Crippen molar-refractivity contribution in [3.8, 4) is 0 Å².